The van der Waals surface area contributed by atoms with Crippen LogP contribution in [0.4, 0.5) is 5.69 Å². The highest BCUT2D eigenvalue weighted by Crippen LogP contribution is 2.41. The molecular weight excluding hydrogens is 346 g/mol. The van der Waals surface area contributed by atoms with Gasteiger partial charge in [-0.15, -0.1) is 0 Å². The average molecular weight is 376 g/mol. The van der Waals surface area contributed by atoms with Gasteiger partial charge in [0.05, 0.1) is 4.90 Å². The molecular formula is C21H29NO3S. The van der Waals surface area contributed by atoms with Gasteiger partial charge in [-0.3, -0.25) is 4.72 Å². The van der Waals surface area contributed by atoms with Gasteiger partial charge in [-0.2, -0.15) is 0 Å². The van der Waals surface area contributed by atoms with E-state index >= 15 is 0 Å². The van der Waals surface area contributed by atoms with E-state index in [9.17, 15) is 13.5 Å². The number of hydrogen-bond donors (Lipinski definition) is 2. The lowest BCUT2D eigenvalue weighted by Gasteiger charge is -2.28. The minimum absolute atomic E-state index is 0.222. The number of hydrogen-bond acceptors (Lipinski definition) is 3. The summed E-state index contributed by atoms with van der Waals surface area (Å²) < 4.78 is 28.2. The summed E-state index contributed by atoms with van der Waals surface area (Å²) in [5, 5.41) is 10.8. The van der Waals surface area contributed by atoms with Gasteiger partial charge in [0.15, 0.2) is 0 Å². The minimum atomic E-state index is -3.70. The first kappa shape index (κ1) is 20.3. The molecule has 0 bridgehead atoms. The highest BCUT2D eigenvalue weighted by atomic mass is 32.2. The van der Waals surface area contributed by atoms with Crippen molar-refractivity contribution in [3.8, 4) is 5.75 Å². The zero-order valence-corrected chi connectivity index (χ0v) is 17.5. The van der Waals surface area contributed by atoms with Gasteiger partial charge in [-0.25, -0.2) is 8.42 Å². The van der Waals surface area contributed by atoms with Crippen LogP contribution in [-0.2, 0) is 20.9 Å². The lowest BCUT2D eigenvalue weighted by Crippen LogP contribution is -2.19. The third kappa shape index (κ3) is 4.39. The van der Waals surface area contributed by atoms with Crippen LogP contribution in [0.1, 0.15) is 58.2 Å². The van der Waals surface area contributed by atoms with Crippen LogP contribution >= 0.6 is 0 Å². The van der Waals surface area contributed by atoms with E-state index in [0.29, 0.717) is 16.8 Å². The van der Waals surface area contributed by atoms with Crippen LogP contribution in [0.15, 0.2) is 41.3 Å². The van der Waals surface area contributed by atoms with E-state index in [-0.39, 0.29) is 21.5 Å². The number of nitrogens with one attached hydrogen (secondary N) is 1. The van der Waals surface area contributed by atoms with Crippen molar-refractivity contribution < 1.29 is 13.5 Å². The van der Waals surface area contributed by atoms with E-state index in [4.69, 9.17) is 0 Å². The van der Waals surface area contributed by atoms with Crippen LogP contribution in [0.3, 0.4) is 0 Å². The van der Waals surface area contributed by atoms with Crippen LogP contribution in [0.25, 0.3) is 0 Å². The summed E-state index contributed by atoms with van der Waals surface area (Å²) in [4.78, 5) is 0.222. The smallest absolute Gasteiger partial charge is 0.261 e. The van der Waals surface area contributed by atoms with E-state index in [1.165, 1.54) is 0 Å². The maximum Gasteiger partial charge on any atom is 0.261 e. The Morgan fingerprint density at radius 2 is 1.38 bits per heavy atom. The molecule has 2 N–H and O–H groups in total. The van der Waals surface area contributed by atoms with Crippen LogP contribution in [-0.4, -0.2) is 13.5 Å². The molecule has 0 unspecified atom stereocenters. The Kier molecular flexibility index (Phi) is 5.17. The molecule has 0 amide bonds. The van der Waals surface area contributed by atoms with Crippen LogP contribution in [0.5, 0.6) is 5.75 Å². The molecule has 5 heteroatoms. The van der Waals surface area contributed by atoms with Gasteiger partial charge < -0.3 is 5.11 Å². The summed E-state index contributed by atoms with van der Waals surface area (Å²) in [6.07, 6.45) is 0. The van der Waals surface area contributed by atoms with Crippen molar-refractivity contribution >= 4 is 15.7 Å². The number of sulfonamides is 1. The molecule has 0 radical (unpaired) electrons. The number of benzene rings is 2. The number of phenols is 1. The highest BCUT2D eigenvalue weighted by Gasteiger charge is 2.27. The van der Waals surface area contributed by atoms with Crippen molar-refractivity contribution in [3.05, 3.63) is 53.1 Å². The first-order valence-corrected chi connectivity index (χ1v) is 10.2. The number of rotatable bonds is 3. The largest absolute Gasteiger partial charge is 0.507 e. The Labute approximate surface area is 157 Å². The van der Waals surface area contributed by atoms with Gasteiger partial charge in [0.1, 0.15) is 5.75 Å². The van der Waals surface area contributed by atoms with E-state index in [0.717, 1.165) is 5.56 Å². The maximum absolute atomic E-state index is 12.8. The van der Waals surface area contributed by atoms with Gasteiger partial charge in [0.25, 0.3) is 10.0 Å². The maximum atomic E-state index is 12.8. The molecule has 0 aliphatic rings. The first-order chi connectivity index (χ1) is 11.7. The standard InChI is InChI=1S/C21H29NO3S/c1-14-9-8-10-16(11-14)26(24,25)22-15-12-17(20(2,3)4)19(23)18(13-15)21(5,6)7/h8-13,22-23H,1-7H3. The normalized spacial score (nSPS) is 12.9. The topological polar surface area (TPSA) is 66.4 Å². The summed E-state index contributed by atoms with van der Waals surface area (Å²) in [7, 11) is -3.70. The quantitative estimate of drug-likeness (QED) is 0.734. The van der Waals surface area contributed by atoms with E-state index in [1.54, 1.807) is 30.3 Å². The predicted molar refractivity (Wildman–Crippen MR) is 107 cm³/mol. The Balaban J connectivity index is 2.60. The zero-order chi connectivity index (χ0) is 19.9. The SMILES string of the molecule is Cc1cccc(S(=O)(=O)Nc2cc(C(C)(C)C)c(O)c(C(C)(C)C)c2)c1. The molecule has 0 spiro atoms. The van der Waals surface area contributed by atoms with Crippen molar-refractivity contribution in [1.82, 2.24) is 0 Å². The second-order valence-electron chi connectivity index (χ2n) is 8.84. The Morgan fingerprint density at radius 3 is 1.81 bits per heavy atom. The van der Waals surface area contributed by atoms with Crippen molar-refractivity contribution in [2.45, 2.75) is 64.2 Å². The number of aryl methyl sites for hydroxylation is 1. The second kappa shape index (κ2) is 6.62. The van der Waals surface area contributed by atoms with Crippen molar-refractivity contribution in [3.63, 3.8) is 0 Å². The van der Waals surface area contributed by atoms with Crippen molar-refractivity contribution in [2.75, 3.05) is 4.72 Å². The third-order valence-electron chi connectivity index (χ3n) is 4.28. The van der Waals surface area contributed by atoms with Gasteiger partial charge in [0, 0.05) is 16.8 Å². The first-order valence-electron chi connectivity index (χ1n) is 8.69. The molecule has 0 aliphatic heterocycles. The lowest BCUT2D eigenvalue weighted by molar-refractivity contribution is 0.423. The van der Waals surface area contributed by atoms with E-state index in [1.807, 2.05) is 54.5 Å². The molecule has 4 nitrogen and oxygen atoms in total. The Bertz CT molecular complexity index is 882. The summed E-state index contributed by atoms with van der Waals surface area (Å²) in [6, 6.07) is 10.2. The minimum Gasteiger partial charge on any atom is -0.507 e. The van der Waals surface area contributed by atoms with E-state index in [2.05, 4.69) is 4.72 Å². The molecule has 2 aromatic rings. The Morgan fingerprint density at radius 1 is 0.885 bits per heavy atom. The molecule has 0 atom stereocenters. The van der Waals surface area contributed by atoms with Crippen molar-refractivity contribution in [1.29, 1.82) is 0 Å². The summed E-state index contributed by atoms with van der Waals surface area (Å²) >= 11 is 0. The fraction of sp³-hybridized carbons (Fsp3) is 0.429. The summed E-state index contributed by atoms with van der Waals surface area (Å²) in [6.45, 7) is 13.8. The highest BCUT2D eigenvalue weighted by molar-refractivity contribution is 7.92. The number of anilines is 1. The predicted octanol–water partition coefficient (Wildman–Crippen LogP) is 5.10. The molecule has 142 valence electrons. The van der Waals surface area contributed by atoms with Crippen LogP contribution in [0, 0.1) is 6.92 Å². The molecule has 0 aromatic heterocycles. The van der Waals surface area contributed by atoms with Crippen LogP contribution in [0.2, 0.25) is 0 Å². The molecule has 0 saturated carbocycles. The molecule has 2 aromatic carbocycles. The van der Waals surface area contributed by atoms with Gasteiger partial charge in [0.2, 0.25) is 0 Å². The third-order valence-corrected chi connectivity index (χ3v) is 5.66. The summed E-state index contributed by atoms with van der Waals surface area (Å²) in [5.74, 6) is 0.225. The Hall–Kier alpha value is -2.01. The monoisotopic (exact) mass is 375 g/mol. The zero-order valence-electron chi connectivity index (χ0n) is 16.6. The molecule has 0 aliphatic carbocycles. The lowest BCUT2D eigenvalue weighted by atomic mass is 9.79. The van der Waals surface area contributed by atoms with Crippen molar-refractivity contribution in [2.24, 2.45) is 0 Å². The van der Waals surface area contributed by atoms with Gasteiger partial charge >= 0.3 is 0 Å². The van der Waals surface area contributed by atoms with E-state index < -0.39 is 10.0 Å². The number of phenolic OH excluding ortho intramolecular Hbond substituents is 1. The average Bonchev–Trinajstić information content (AvgIpc) is 2.46. The fourth-order valence-electron chi connectivity index (χ4n) is 2.83. The molecule has 0 saturated heterocycles. The fourth-order valence-corrected chi connectivity index (χ4v) is 3.98. The summed E-state index contributed by atoms with van der Waals surface area (Å²) in [5.41, 5.74) is 2.12. The van der Waals surface area contributed by atoms with Gasteiger partial charge in [-0.05, 0) is 47.6 Å². The molecule has 0 heterocycles. The number of aromatic hydroxyl groups is 1. The second-order valence-corrected chi connectivity index (χ2v) is 10.5. The molecule has 0 fully saturated rings. The molecule has 2 rings (SSSR count). The van der Waals surface area contributed by atoms with Gasteiger partial charge in [-0.1, -0.05) is 53.7 Å². The van der Waals surface area contributed by atoms with Crippen LogP contribution < -0.4 is 4.72 Å². The molecule has 26 heavy (non-hydrogen) atoms.